The topological polar surface area (TPSA) is 95.0 Å². The smallest absolute Gasteiger partial charge is 0.395 e. The number of alkyl halides is 3. The highest BCUT2D eigenvalue weighted by molar-refractivity contribution is 5.43. The van der Waals surface area contributed by atoms with Crippen LogP contribution in [0.4, 0.5) is 31.0 Å². The van der Waals surface area contributed by atoms with Gasteiger partial charge in [-0.3, -0.25) is 0 Å². The van der Waals surface area contributed by atoms with Crippen LogP contribution in [0.2, 0.25) is 0 Å². The van der Waals surface area contributed by atoms with Gasteiger partial charge in [-0.15, -0.1) is 0 Å². The first-order valence-corrected chi connectivity index (χ1v) is 9.22. The summed E-state index contributed by atoms with van der Waals surface area (Å²) in [5.74, 6) is 0.723. The van der Waals surface area contributed by atoms with Gasteiger partial charge in [-0.2, -0.15) is 28.1 Å². The second kappa shape index (κ2) is 9.88. The minimum atomic E-state index is -4.40. The summed E-state index contributed by atoms with van der Waals surface area (Å²) in [6, 6.07) is 14.7. The van der Waals surface area contributed by atoms with Crippen LogP contribution in [0.5, 0.6) is 0 Å². The molecular weight excluding hydrogens is 397 g/mol. The van der Waals surface area contributed by atoms with Crippen molar-refractivity contribution < 1.29 is 18.3 Å². The molecule has 0 saturated heterocycles. The van der Waals surface area contributed by atoms with Gasteiger partial charge in [0.15, 0.2) is 0 Å². The Morgan fingerprint density at radius 2 is 1.30 bits per heavy atom. The van der Waals surface area contributed by atoms with E-state index in [1.807, 2.05) is 30.3 Å². The molecule has 158 valence electrons. The Hall–Kier alpha value is -3.40. The normalized spacial score (nSPS) is 11.2. The lowest BCUT2D eigenvalue weighted by Crippen LogP contribution is -2.14. The van der Waals surface area contributed by atoms with E-state index in [9.17, 15) is 13.2 Å². The zero-order valence-corrected chi connectivity index (χ0v) is 15.9. The van der Waals surface area contributed by atoms with E-state index in [1.165, 1.54) is 6.07 Å². The molecule has 3 rings (SSSR count). The SMILES string of the molecule is OCCNc1nc(NCc2ccccc2)nc(NCc2cccc(C(F)(F)F)c2)n1. The number of benzene rings is 2. The van der Waals surface area contributed by atoms with Crippen LogP contribution in [0.3, 0.4) is 0 Å². The number of nitrogens with one attached hydrogen (secondary N) is 3. The molecule has 0 amide bonds. The Labute approximate surface area is 171 Å². The van der Waals surface area contributed by atoms with Crippen molar-refractivity contribution in [2.24, 2.45) is 0 Å². The van der Waals surface area contributed by atoms with Crippen LogP contribution >= 0.6 is 0 Å². The van der Waals surface area contributed by atoms with Gasteiger partial charge in [0.1, 0.15) is 0 Å². The molecule has 7 nitrogen and oxygen atoms in total. The molecular formula is C20H21F3N6O. The van der Waals surface area contributed by atoms with Crippen LogP contribution in [0.25, 0.3) is 0 Å². The lowest BCUT2D eigenvalue weighted by Gasteiger charge is -2.12. The number of hydrogen-bond acceptors (Lipinski definition) is 7. The van der Waals surface area contributed by atoms with Crippen LogP contribution in [0.1, 0.15) is 16.7 Å². The number of hydrogen-bond donors (Lipinski definition) is 4. The fourth-order valence-electron chi connectivity index (χ4n) is 2.60. The Morgan fingerprint density at radius 1 is 0.733 bits per heavy atom. The van der Waals surface area contributed by atoms with Gasteiger partial charge in [0.05, 0.1) is 12.2 Å². The highest BCUT2D eigenvalue weighted by atomic mass is 19.4. The number of aromatic nitrogens is 3. The average Bonchev–Trinajstić information content (AvgIpc) is 2.75. The number of anilines is 3. The van der Waals surface area contributed by atoms with Gasteiger partial charge in [0, 0.05) is 19.6 Å². The van der Waals surface area contributed by atoms with Crippen molar-refractivity contribution >= 4 is 17.8 Å². The van der Waals surface area contributed by atoms with E-state index in [1.54, 1.807) is 6.07 Å². The molecule has 1 aromatic heterocycles. The van der Waals surface area contributed by atoms with Crippen LogP contribution in [0.15, 0.2) is 54.6 Å². The van der Waals surface area contributed by atoms with Crippen LogP contribution in [-0.2, 0) is 19.3 Å². The minimum absolute atomic E-state index is 0.103. The number of halogens is 3. The fraction of sp³-hybridized carbons (Fsp3) is 0.250. The molecule has 0 aliphatic heterocycles. The van der Waals surface area contributed by atoms with E-state index in [4.69, 9.17) is 5.11 Å². The molecule has 30 heavy (non-hydrogen) atoms. The molecule has 4 N–H and O–H groups in total. The Kier molecular flexibility index (Phi) is 7.02. The minimum Gasteiger partial charge on any atom is -0.395 e. The predicted molar refractivity (Wildman–Crippen MR) is 108 cm³/mol. The second-order valence-electron chi connectivity index (χ2n) is 6.35. The molecule has 3 aromatic rings. The Morgan fingerprint density at radius 3 is 1.90 bits per heavy atom. The average molecular weight is 418 g/mol. The van der Waals surface area contributed by atoms with Gasteiger partial charge < -0.3 is 21.1 Å². The molecule has 0 saturated carbocycles. The second-order valence-corrected chi connectivity index (χ2v) is 6.35. The maximum atomic E-state index is 12.9. The Bertz CT molecular complexity index is 953. The van der Waals surface area contributed by atoms with E-state index in [2.05, 4.69) is 30.9 Å². The molecule has 0 bridgehead atoms. The first-order chi connectivity index (χ1) is 14.4. The van der Waals surface area contributed by atoms with Crippen LogP contribution in [0, 0.1) is 0 Å². The molecule has 0 radical (unpaired) electrons. The zero-order chi connectivity index (χ0) is 21.4. The third-order valence-electron chi connectivity index (χ3n) is 4.03. The third-order valence-corrected chi connectivity index (χ3v) is 4.03. The highest BCUT2D eigenvalue weighted by Gasteiger charge is 2.30. The van der Waals surface area contributed by atoms with Crippen LogP contribution in [-0.4, -0.2) is 33.2 Å². The van der Waals surface area contributed by atoms with Gasteiger partial charge in [0.25, 0.3) is 0 Å². The predicted octanol–water partition coefficient (Wildman–Crippen LogP) is 3.52. The van der Waals surface area contributed by atoms with E-state index < -0.39 is 11.7 Å². The van der Waals surface area contributed by atoms with Gasteiger partial charge in [-0.1, -0.05) is 42.5 Å². The maximum Gasteiger partial charge on any atom is 0.416 e. The quantitative estimate of drug-likeness (QED) is 0.422. The summed E-state index contributed by atoms with van der Waals surface area (Å²) in [4.78, 5) is 12.7. The summed E-state index contributed by atoms with van der Waals surface area (Å²) in [6.45, 7) is 0.726. The van der Waals surface area contributed by atoms with Crippen molar-refractivity contribution in [3.8, 4) is 0 Å². The first-order valence-electron chi connectivity index (χ1n) is 9.22. The van der Waals surface area contributed by atoms with Crippen molar-refractivity contribution in [3.63, 3.8) is 0 Å². The molecule has 0 atom stereocenters. The molecule has 0 aliphatic rings. The molecule has 10 heteroatoms. The van der Waals surface area contributed by atoms with Crippen molar-refractivity contribution in [3.05, 3.63) is 71.3 Å². The lowest BCUT2D eigenvalue weighted by atomic mass is 10.1. The summed E-state index contributed by atoms with van der Waals surface area (Å²) in [7, 11) is 0. The molecule has 2 aromatic carbocycles. The molecule has 0 fully saturated rings. The van der Waals surface area contributed by atoms with Gasteiger partial charge in [-0.05, 0) is 23.3 Å². The summed E-state index contributed by atoms with van der Waals surface area (Å²) >= 11 is 0. The van der Waals surface area contributed by atoms with E-state index in [-0.39, 0.29) is 31.6 Å². The highest BCUT2D eigenvalue weighted by Crippen LogP contribution is 2.29. The summed E-state index contributed by atoms with van der Waals surface area (Å²) in [5.41, 5.74) is 0.753. The van der Waals surface area contributed by atoms with Crippen molar-refractivity contribution in [2.75, 3.05) is 29.1 Å². The van der Waals surface area contributed by atoms with Gasteiger partial charge in [0.2, 0.25) is 17.8 Å². The number of aliphatic hydroxyl groups is 1. The third kappa shape index (κ3) is 6.31. The largest absolute Gasteiger partial charge is 0.416 e. The number of rotatable bonds is 9. The zero-order valence-electron chi connectivity index (χ0n) is 15.9. The van der Waals surface area contributed by atoms with Crippen molar-refractivity contribution in [1.29, 1.82) is 0 Å². The molecule has 0 spiro atoms. The van der Waals surface area contributed by atoms with Crippen molar-refractivity contribution in [1.82, 2.24) is 15.0 Å². The monoisotopic (exact) mass is 418 g/mol. The first kappa shape index (κ1) is 21.3. The van der Waals surface area contributed by atoms with E-state index in [0.29, 0.717) is 18.1 Å². The molecule has 0 unspecified atom stereocenters. The van der Waals surface area contributed by atoms with E-state index in [0.717, 1.165) is 17.7 Å². The number of nitrogens with zero attached hydrogens (tertiary/aromatic N) is 3. The summed E-state index contributed by atoms with van der Waals surface area (Å²) in [6.07, 6.45) is -4.40. The summed E-state index contributed by atoms with van der Waals surface area (Å²) in [5, 5.41) is 17.9. The lowest BCUT2D eigenvalue weighted by molar-refractivity contribution is -0.137. The maximum absolute atomic E-state index is 12.9. The van der Waals surface area contributed by atoms with E-state index >= 15 is 0 Å². The van der Waals surface area contributed by atoms with Crippen LogP contribution < -0.4 is 16.0 Å². The summed E-state index contributed by atoms with van der Waals surface area (Å²) < 4.78 is 38.7. The van der Waals surface area contributed by atoms with Gasteiger partial charge >= 0.3 is 6.18 Å². The standard InChI is InChI=1S/C20H21F3N6O/c21-20(22,23)16-8-4-7-15(11-16)13-26-19-28-17(24-9-10-30)27-18(29-19)25-12-14-5-2-1-3-6-14/h1-8,11,30H,9-10,12-13H2,(H3,24,25,26,27,28,29). The molecule has 0 aliphatic carbocycles. The number of aliphatic hydroxyl groups excluding tert-OH is 1. The van der Waals surface area contributed by atoms with Crippen molar-refractivity contribution in [2.45, 2.75) is 19.3 Å². The molecule has 1 heterocycles. The Balaban J connectivity index is 1.72. The van der Waals surface area contributed by atoms with Gasteiger partial charge in [-0.25, -0.2) is 0 Å². The fourth-order valence-corrected chi connectivity index (χ4v) is 2.60.